The number of ether oxygens (including phenoxy) is 3. The van der Waals surface area contributed by atoms with Gasteiger partial charge in [0.1, 0.15) is 17.3 Å². The first-order valence-corrected chi connectivity index (χ1v) is 10.3. The SMILES string of the molecule is COc1cc2nccc(Oc3ccc(NC(=O)Cc4ccc(C)c(F)c4)cc3)c2cc1OC. The summed E-state index contributed by atoms with van der Waals surface area (Å²) in [4.78, 5) is 16.7. The highest BCUT2D eigenvalue weighted by atomic mass is 19.1. The number of nitrogens with zero attached hydrogens (tertiary/aromatic N) is 1. The summed E-state index contributed by atoms with van der Waals surface area (Å²) in [5, 5.41) is 3.59. The second-order valence-electron chi connectivity index (χ2n) is 7.47. The van der Waals surface area contributed by atoms with Crippen LogP contribution in [0.1, 0.15) is 11.1 Å². The Hall–Kier alpha value is -4.13. The maximum atomic E-state index is 13.7. The number of carbonyl (C=O) groups is 1. The lowest BCUT2D eigenvalue weighted by Gasteiger charge is -2.12. The number of anilines is 1. The number of hydrogen-bond donors (Lipinski definition) is 1. The van der Waals surface area contributed by atoms with E-state index in [0.717, 1.165) is 5.39 Å². The molecule has 0 saturated carbocycles. The number of carbonyl (C=O) groups excluding carboxylic acids is 1. The van der Waals surface area contributed by atoms with Crippen molar-refractivity contribution in [2.45, 2.75) is 13.3 Å². The summed E-state index contributed by atoms with van der Waals surface area (Å²) in [5.74, 6) is 1.82. The Morgan fingerprint density at radius 3 is 2.36 bits per heavy atom. The molecule has 0 bridgehead atoms. The molecular weight excluding hydrogens is 423 g/mol. The van der Waals surface area contributed by atoms with Gasteiger partial charge in [-0.3, -0.25) is 9.78 Å². The van der Waals surface area contributed by atoms with Crippen LogP contribution in [0.15, 0.2) is 66.9 Å². The number of aromatic nitrogens is 1. The van der Waals surface area contributed by atoms with Crippen LogP contribution >= 0.6 is 0 Å². The fraction of sp³-hybridized carbons (Fsp3) is 0.154. The Labute approximate surface area is 190 Å². The van der Waals surface area contributed by atoms with Gasteiger partial charge in [-0.15, -0.1) is 0 Å². The average Bonchev–Trinajstić information content (AvgIpc) is 2.82. The molecule has 0 radical (unpaired) electrons. The van der Waals surface area contributed by atoms with Crippen molar-refractivity contribution in [3.63, 3.8) is 0 Å². The number of rotatable bonds is 7. The predicted octanol–water partition coefficient (Wildman–Crippen LogP) is 5.67. The number of benzene rings is 3. The fourth-order valence-electron chi connectivity index (χ4n) is 3.41. The molecule has 33 heavy (non-hydrogen) atoms. The molecule has 3 aromatic carbocycles. The van der Waals surface area contributed by atoms with Gasteiger partial charge in [-0.2, -0.15) is 0 Å². The minimum atomic E-state index is -0.318. The second kappa shape index (κ2) is 9.56. The van der Waals surface area contributed by atoms with E-state index < -0.39 is 0 Å². The molecule has 7 heteroatoms. The van der Waals surface area contributed by atoms with Crippen molar-refractivity contribution in [1.82, 2.24) is 4.98 Å². The normalized spacial score (nSPS) is 10.7. The molecule has 6 nitrogen and oxygen atoms in total. The highest BCUT2D eigenvalue weighted by molar-refractivity contribution is 5.92. The molecule has 0 unspecified atom stereocenters. The first kappa shape index (κ1) is 22.1. The molecule has 4 rings (SSSR count). The Morgan fingerprint density at radius 2 is 1.67 bits per heavy atom. The molecule has 0 atom stereocenters. The zero-order valence-electron chi connectivity index (χ0n) is 18.5. The van der Waals surface area contributed by atoms with Crippen LogP contribution in [0.2, 0.25) is 0 Å². The monoisotopic (exact) mass is 446 g/mol. The number of methoxy groups -OCH3 is 2. The van der Waals surface area contributed by atoms with E-state index in [2.05, 4.69) is 10.3 Å². The number of amides is 1. The Balaban J connectivity index is 1.47. The first-order chi connectivity index (χ1) is 16.0. The van der Waals surface area contributed by atoms with Crippen molar-refractivity contribution in [3.8, 4) is 23.0 Å². The predicted molar refractivity (Wildman–Crippen MR) is 125 cm³/mol. The van der Waals surface area contributed by atoms with Crippen LogP contribution in [-0.4, -0.2) is 25.1 Å². The third kappa shape index (κ3) is 5.03. The van der Waals surface area contributed by atoms with Gasteiger partial charge < -0.3 is 19.5 Å². The molecule has 1 amide bonds. The topological polar surface area (TPSA) is 69.7 Å². The summed E-state index contributed by atoms with van der Waals surface area (Å²) in [6.45, 7) is 1.69. The van der Waals surface area contributed by atoms with E-state index in [4.69, 9.17) is 14.2 Å². The standard InChI is InChI=1S/C26H23FN2O4/c1-16-4-5-17(12-21(16)27)13-26(30)29-18-6-8-19(9-7-18)33-23-10-11-28-22-15-25(32-3)24(31-2)14-20(22)23/h4-12,14-15H,13H2,1-3H3,(H,29,30). The molecule has 1 heterocycles. The van der Waals surface area contributed by atoms with Crippen LogP contribution in [0.5, 0.6) is 23.0 Å². The number of halogens is 1. The summed E-state index contributed by atoms with van der Waals surface area (Å²) in [7, 11) is 3.15. The molecule has 0 aliphatic heterocycles. The highest BCUT2D eigenvalue weighted by Gasteiger charge is 2.12. The minimum Gasteiger partial charge on any atom is -0.493 e. The fourth-order valence-corrected chi connectivity index (χ4v) is 3.41. The molecule has 4 aromatic rings. The third-order valence-corrected chi connectivity index (χ3v) is 5.17. The van der Waals surface area contributed by atoms with Crippen LogP contribution in [-0.2, 0) is 11.2 Å². The van der Waals surface area contributed by atoms with Crippen LogP contribution in [0.25, 0.3) is 10.9 Å². The van der Waals surface area contributed by atoms with Gasteiger partial charge in [-0.05, 0) is 60.5 Å². The number of pyridine rings is 1. The van der Waals surface area contributed by atoms with Gasteiger partial charge in [0.2, 0.25) is 5.91 Å². The molecule has 168 valence electrons. The van der Waals surface area contributed by atoms with E-state index in [9.17, 15) is 9.18 Å². The number of nitrogens with one attached hydrogen (secondary N) is 1. The van der Waals surface area contributed by atoms with Gasteiger partial charge in [-0.1, -0.05) is 12.1 Å². The Bertz CT molecular complexity index is 1310. The van der Waals surface area contributed by atoms with Crippen LogP contribution in [0.3, 0.4) is 0 Å². The van der Waals surface area contributed by atoms with Gasteiger partial charge in [0.05, 0.1) is 26.2 Å². The molecule has 0 aliphatic carbocycles. The van der Waals surface area contributed by atoms with E-state index >= 15 is 0 Å². The number of fused-ring (bicyclic) bond motifs is 1. The molecule has 1 N–H and O–H groups in total. The van der Waals surface area contributed by atoms with Crippen molar-refractivity contribution in [3.05, 3.63) is 83.8 Å². The summed E-state index contributed by atoms with van der Waals surface area (Å²) >= 11 is 0. The van der Waals surface area contributed by atoms with Gasteiger partial charge in [0.15, 0.2) is 11.5 Å². The maximum Gasteiger partial charge on any atom is 0.228 e. The highest BCUT2D eigenvalue weighted by Crippen LogP contribution is 2.37. The maximum absolute atomic E-state index is 13.7. The largest absolute Gasteiger partial charge is 0.493 e. The van der Waals surface area contributed by atoms with Gasteiger partial charge in [0.25, 0.3) is 0 Å². The zero-order chi connectivity index (χ0) is 23.4. The zero-order valence-corrected chi connectivity index (χ0v) is 18.5. The van der Waals surface area contributed by atoms with Gasteiger partial charge >= 0.3 is 0 Å². The van der Waals surface area contributed by atoms with Crippen molar-refractivity contribution in [1.29, 1.82) is 0 Å². The molecule has 0 fully saturated rings. The van der Waals surface area contributed by atoms with Gasteiger partial charge in [-0.25, -0.2) is 4.39 Å². The number of aryl methyl sites for hydroxylation is 1. The van der Waals surface area contributed by atoms with E-state index in [1.807, 2.05) is 6.07 Å². The number of hydrogen-bond acceptors (Lipinski definition) is 5. The first-order valence-electron chi connectivity index (χ1n) is 10.3. The molecule has 0 aliphatic rings. The van der Waals surface area contributed by atoms with Crippen molar-refractivity contribution in [2.75, 3.05) is 19.5 Å². The van der Waals surface area contributed by atoms with Crippen molar-refractivity contribution in [2.24, 2.45) is 0 Å². The summed E-state index contributed by atoms with van der Waals surface area (Å²) in [6.07, 6.45) is 1.75. The van der Waals surface area contributed by atoms with Crippen LogP contribution in [0, 0.1) is 12.7 Å². The minimum absolute atomic E-state index is 0.0871. The summed E-state index contributed by atoms with van der Waals surface area (Å²) in [6, 6.07) is 17.2. The van der Waals surface area contributed by atoms with Crippen LogP contribution < -0.4 is 19.5 Å². The lowest BCUT2D eigenvalue weighted by Crippen LogP contribution is -2.14. The molecular formula is C26H23FN2O4. The second-order valence-corrected chi connectivity index (χ2v) is 7.47. The van der Waals surface area contributed by atoms with E-state index in [-0.39, 0.29) is 18.1 Å². The molecule has 1 aromatic heterocycles. The van der Waals surface area contributed by atoms with E-state index in [1.54, 1.807) is 75.9 Å². The smallest absolute Gasteiger partial charge is 0.228 e. The van der Waals surface area contributed by atoms with E-state index in [1.165, 1.54) is 6.07 Å². The van der Waals surface area contributed by atoms with Crippen LogP contribution in [0.4, 0.5) is 10.1 Å². The van der Waals surface area contributed by atoms with E-state index in [0.29, 0.717) is 45.3 Å². The summed E-state index contributed by atoms with van der Waals surface area (Å²) in [5.41, 5.74) is 2.49. The van der Waals surface area contributed by atoms with Crippen molar-refractivity contribution < 1.29 is 23.4 Å². The Kier molecular flexibility index (Phi) is 6.40. The average molecular weight is 446 g/mol. The van der Waals surface area contributed by atoms with Gasteiger partial charge in [0, 0.05) is 23.3 Å². The Morgan fingerprint density at radius 1 is 0.939 bits per heavy atom. The molecule has 0 saturated heterocycles. The summed E-state index contributed by atoms with van der Waals surface area (Å²) < 4.78 is 30.5. The quantitative estimate of drug-likeness (QED) is 0.396. The van der Waals surface area contributed by atoms with Crippen molar-refractivity contribution >= 4 is 22.5 Å². The molecule has 0 spiro atoms. The third-order valence-electron chi connectivity index (χ3n) is 5.17. The lowest BCUT2D eigenvalue weighted by molar-refractivity contribution is -0.115. The lowest BCUT2D eigenvalue weighted by atomic mass is 10.1.